The number of anilines is 2. The van der Waals surface area contributed by atoms with Crippen molar-refractivity contribution in [3.63, 3.8) is 0 Å². The Morgan fingerprint density at radius 1 is 0.788 bits per heavy atom. The van der Waals surface area contributed by atoms with Gasteiger partial charge in [-0.15, -0.1) is 0 Å². The molecule has 8 heteroatoms. The molecule has 0 spiro atoms. The van der Waals surface area contributed by atoms with E-state index in [-0.39, 0.29) is 0 Å². The van der Waals surface area contributed by atoms with E-state index in [1.54, 1.807) is 28.7 Å². The number of hydrogen-bond donors (Lipinski definition) is 0. The maximum atomic E-state index is 13.0. The second kappa shape index (κ2) is 8.91. The molecule has 2 saturated heterocycles. The maximum Gasteiger partial charge on any atom is 0.243 e. The van der Waals surface area contributed by atoms with Crippen LogP contribution in [0.4, 0.5) is 11.5 Å². The summed E-state index contributed by atoms with van der Waals surface area (Å²) in [7, 11) is -3.47. The number of sulfonamides is 1. The van der Waals surface area contributed by atoms with Gasteiger partial charge in [0.05, 0.1) is 22.1 Å². The van der Waals surface area contributed by atoms with Gasteiger partial charge >= 0.3 is 0 Å². The fraction of sp³-hybridized carbons (Fsp3) is 0.440. The SMILES string of the molecule is Cc1ccc(C)c(N2CCN(c3cnc4cc(S(=O)(=O)N5CCCCC5)ccc4n3)CC2)c1. The number of fused-ring (bicyclic) bond motifs is 1. The molecule has 2 aromatic carbocycles. The van der Waals surface area contributed by atoms with Crippen molar-refractivity contribution in [2.45, 2.75) is 38.0 Å². The minimum Gasteiger partial charge on any atom is -0.368 e. The van der Waals surface area contributed by atoms with Gasteiger partial charge in [-0.05, 0) is 62.1 Å². The normalized spacial score (nSPS) is 18.1. The van der Waals surface area contributed by atoms with Gasteiger partial charge in [0.1, 0.15) is 5.82 Å². The summed E-state index contributed by atoms with van der Waals surface area (Å²) in [6.45, 7) is 9.08. The zero-order valence-electron chi connectivity index (χ0n) is 19.4. The van der Waals surface area contributed by atoms with Gasteiger partial charge in [0, 0.05) is 45.0 Å². The molecule has 1 aromatic heterocycles. The first-order chi connectivity index (χ1) is 15.9. The van der Waals surface area contributed by atoms with Gasteiger partial charge in [0.25, 0.3) is 0 Å². The van der Waals surface area contributed by atoms with Crippen LogP contribution in [0.25, 0.3) is 11.0 Å². The molecule has 3 aromatic rings. The van der Waals surface area contributed by atoms with Gasteiger partial charge in [-0.25, -0.2) is 13.4 Å². The standard InChI is InChI=1S/C25H31N5O2S/c1-19-6-7-20(2)24(16-19)28-12-14-29(15-13-28)25-18-26-23-17-21(8-9-22(23)27-25)33(31,32)30-10-4-3-5-11-30/h6-9,16-18H,3-5,10-15H2,1-2H3. The monoisotopic (exact) mass is 465 g/mol. The minimum atomic E-state index is -3.47. The molecule has 7 nitrogen and oxygen atoms in total. The molecule has 0 N–H and O–H groups in total. The number of rotatable bonds is 4. The summed E-state index contributed by atoms with van der Waals surface area (Å²) in [4.78, 5) is 14.4. The summed E-state index contributed by atoms with van der Waals surface area (Å²) in [6, 6.07) is 11.7. The number of piperazine rings is 1. The van der Waals surface area contributed by atoms with Crippen LogP contribution in [0.15, 0.2) is 47.5 Å². The number of hydrogen-bond acceptors (Lipinski definition) is 6. The molecule has 0 atom stereocenters. The van der Waals surface area contributed by atoms with Crippen LogP contribution in [0.5, 0.6) is 0 Å². The highest BCUT2D eigenvalue weighted by Crippen LogP contribution is 2.26. The molecule has 2 aliphatic heterocycles. The molecule has 2 fully saturated rings. The summed E-state index contributed by atoms with van der Waals surface area (Å²) in [6.07, 6.45) is 4.71. The lowest BCUT2D eigenvalue weighted by molar-refractivity contribution is 0.346. The predicted octanol–water partition coefficient (Wildman–Crippen LogP) is 3.75. The molecule has 2 aliphatic rings. The summed E-state index contributed by atoms with van der Waals surface area (Å²) in [5.74, 6) is 0.842. The third kappa shape index (κ3) is 4.42. The highest BCUT2D eigenvalue weighted by molar-refractivity contribution is 7.89. The van der Waals surface area contributed by atoms with E-state index in [0.717, 1.165) is 56.8 Å². The molecule has 0 saturated carbocycles. The van der Waals surface area contributed by atoms with Gasteiger partial charge in [-0.3, -0.25) is 4.98 Å². The van der Waals surface area contributed by atoms with Crippen molar-refractivity contribution in [3.05, 3.63) is 53.7 Å². The van der Waals surface area contributed by atoms with Gasteiger partial charge in [-0.1, -0.05) is 18.6 Å². The predicted molar refractivity (Wildman–Crippen MR) is 132 cm³/mol. The quantitative estimate of drug-likeness (QED) is 0.585. The molecular weight excluding hydrogens is 434 g/mol. The summed E-state index contributed by atoms with van der Waals surface area (Å²) in [5.41, 5.74) is 5.23. The summed E-state index contributed by atoms with van der Waals surface area (Å²) >= 11 is 0. The minimum absolute atomic E-state index is 0.307. The topological polar surface area (TPSA) is 69.6 Å². The Morgan fingerprint density at radius 3 is 2.27 bits per heavy atom. The molecule has 0 aliphatic carbocycles. The second-order valence-corrected chi connectivity index (χ2v) is 11.0. The fourth-order valence-electron chi connectivity index (χ4n) is 4.78. The van der Waals surface area contributed by atoms with E-state index < -0.39 is 10.0 Å². The second-order valence-electron chi connectivity index (χ2n) is 9.11. The van der Waals surface area contributed by atoms with E-state index >= 15 is 0 Å². The van der Waals surface area contributed by atoms with Crippen molar-refractivity contribution in [2.75, 3.05) is 49.1 Å². The first kappa shape index (κ1) is 22.1. The molecule has 174 valence electrons. The molecule has 5 rings (SSSR count). The highest BCUT2D eigenvalue weighted by Gasteiger charge is 2.26. The van der Waals surface area contributed by atoms with Crippen LogP contribution in [0, 0.1) is 13.8 Å². The Labute approximate surface area is 196 Å². The van der Waals surface area contributed by atoms with Crippen molar-refractivity contribution < 1.29 is 8.42 Å². The Bertz CT molecular complexity index is 1260. The molecule has 0 unspecified atom stereocenters. The van der Waals surface area contributed by atoms with Crippen molar-refractivity contribution >= 4 is 32.6 Å². The highest BCUT2D eigenvalue weighted by atomic mass is 32.2. The summed E-state index contributed by atoms with van der Waals surface area (Å²) < 4.78 is 27.6. The average molecular weight is 466 g/mol. The van der Waals surface area contributed by atoms with E-state index in [1.807, 2.05) is 0 Å². The zero-order valence-corrected chi connectivity index (χ0v) is 20.2. The third-order valence-corrected chi connectivity index (χ3v) is 8.66. The number of aromatic nitrogens is 2. The number of piperidine rings is 1. The Hall–Kier alpha value is -2.71. The molecule has 3 heterocycles. The first-order valence-corrected chi connectivity index (χ1v) is 13.2. The number of aryl methyl sites for hydroxylation is 2. The molecular formula is C25H31N5O2S. The number of benzene rings is 2. The third-order valence-electron chi connectivity index (χ3n) is 6.76. The van der Waals surface area contributed by atoms with Gasteiger partial charge < -0.3 is 9.80 Å². The van der Waals surface area contributed by atoms with E-state index in [4.69, 9.17) is 4.98 Å². The van der Waals surface area contributed by atoms with Gasteiger partial charge in [-0.2, -0.15) is 4.31 Å². The van der Waals surface area contributed by atoms with E-state index in [1.165, 1.54) is 16.8 Å². The summed E-state index contributed by atoms with van der Waals surface area (Å²) in [5, 5.41) is 0. The zero-order chi connectivity index (χ0) is 23.0. The van der Waals surface area contributed by atoms with Crippen LogP contribution in [0.2, 0.25) is 0 Å². The Kier molecular flexibility index (Phi) is 5.97. The Morgan fingerprint density at radius 2 is 1.52 bits per heavy atom. The first-order valence-electron chi connectivity index (χ1n) is 11.8. The lowest BCUT2D eigenvalue weighted by Gasteiger charge is -2.37. The number of nitrogens with zero attached hydrogens (tertiary/aromatic N) is 5. The molecule has 0 amide bonds. The van der Waals surface area contributed by atoms with Crippen LogP contribution in [0.1, 0.15) is 30.4 Å². The van der Waals surface area contributed by atoms with E-state index in [2.05, 4.69) is 46.8 Å². The van der Waals surface area contributed by atoms with Crippen molar-refractivity contribution in [1.29, 1.82) is 0 Å². The van der Waals surface area contributed by atoms with Crippen LogP contribution in [-0.4, -0.2) is 62.0 Å². The van der Waals surface area contributed by atoms with Crippen molar-refractivity contribution in [2.24, 2.45) is 0 Å². The van der Waals surface area contributed by atoms with Crippen LogP contribution in [0.3, 0.4) is 0 Å². The fourth-order valence-corrected chi connectivity index (χ4v) is 6.32. The van der Waals surface area contributed by atoms with Gasteiger partial charge in [0.2, 0.25) is 10.0 Å². The average Bonchev–Trinajstić information content (AvgIpc) is 2.85. The van der Waals surface area contributed by atoms with Crippen LogP contribution < -0.4 is 9.80 Å². The van der Waals surface area contributed by atoms with Crippen molar-refractivity contribution in [1.82, 2.24) is 14.3 Å². The largest absolute Gasteiger partial charge is 0.368 e. The lowest BCUT2D eigenvalue weighted by atomic mass is 10.1. The maximum absolute atomic E-state index is 13.0. The molecule has 33 heavy (non-hydrogen) atoms. The van der Waals surface area contributed by atoms with Crippen molar-refractivity contribution in [3.8, 4) is 0 Å². The Balaban J connectivity index is 1.32. The van der Waals surface area contributed by atoms with Crippen LogP contribution in [-0.2, 0) is 10.0 Å². The molecule has 0 radical (unpaired) electrons. The molecule has 0 bridgehead atoms. The van der Waals surface area contributed by atoms with Gasteiger partial charge in [0.15, 0.2) is 0 Å². The lowest BCUT2D eigenvalue weighted by Crippen LogP contribution is -2.47. The van der Waals surface area contributed by atoms with Crippen LogP contribution >= 0.6 is 0 Å². The van der Waals surface area contributed by atoms with E-state index in [0.29, 0.717) is 23.5 Å². The van der Waals surface area contributed by atoms with E-state index in [9.17, 15) is 8.42 Å². The smallest absolute Gasteiger partial charge is 0.243 e.